The summed E-state index contributed by atoms with van der Waals surface area (Å²) in [4.78, 5) is 3.65. The molecule has 0 bridgehead atoms. The van der Waals surface area contributed by atoms with E-state index in [1.54, 1.807) is 12.1 Å². The van der Waals surface area contributed by atoms with Crippen LogP contribution in [0.2, 0.25) is 5.02 Å². The van der Waals surface area contributed by atoms with Crippen LogP contribution in [0.5, 0.6) is 0 Å². The molecule has 1 heterocycles. The number of aromatic nitrogens is 1. The van der Waals surface area contributed by atoms with Gasteiger partial charge in [0.15, 0.2) is 0 Å². The van der Waals surface area contributed by atoms with Gasteiger partial charge in [0.05, 0.1) is 5.02 Å². The Morgan fingerprint density at radius 3 is 2.57 bits per heavy atom. The molecule has 0 amide bonds. The molecular weight excluding hydrogens is 317 g/mol. The fourth-order valence-corrected chi connectivity index (χ4v) is 2.88. The second-order valence-corrected chi connectivity index (χ2v) is 6.49. The Morgan fingerprint density at radius 2 is 1.95 bits per heavy atom. The Labute approximate surface area is 127 Å². The summed E-state index contributed by atoms with van der Waals surface area (Å²) in [5.41, 5.74) is 6.26. The van der Waals surface area contributed by atoms with Crippen molar-refractivity contribution in [1.29, 1.82) is 0 Å². The van der Waals surface area contributed by atoms with Crippen molar-refractivity contribution in [3.63, 3.8) is 0 Å². The van der Waals surface area contributed by atoms with Crippen LogP contribution in [-0.4, -0.2) is 19.9 Å². The molecule has 0 radical (unpaired) electrons. The Morgan fingerprint density at radius 1 is 1.29 bits per heavy atom. The molecule has 0 spiro atoms. The summed E-state index contributed by atoms with van der Waals surface area (Å²) in [7, 11) is -3.70. The minimum absolute atomic E-state index is 0.0548. The highest BCUT2D eigenvalue weighted by Gasteiger charge is 2.15. The fourth-order valence-electron chi connectivity index (χ4n) is 1.64. The third kappa shape index (κ3) is 4.13. The Kier molecular flexibility index (Phi) is 4.76. The first kappa shape index (κ1) is 15.7. The third-order valence-corrected chi connectivity index (χ3v) is 4.50. The van der Waals surface area contributed by atoms with E-state index in [-0.39, 0.29) is 28.1 Å². The van der Waals surface area contributed by atoms with Crippen LogP contribution in [0.15, 0.2) is 41.4 Å². The number of anilines is 1. The average molecular weight is 330 g/mol. The van der Waals surface area contributed by atoms with E-state index in [4.69, 9.17) is 17.3 Å². The monoisotopic (exact) mass is 329 g/mol. The molecule has 1 aromatic heterocycles. The van der Waals surface area contributed by atoms with Crippen molar-refractivity contribution >= 4 is 27.4 Å². The summed E-state index contributed by atoms with van der Waals surface area (Å²) in [6.07, 6.45) is 1.58. The highest BCUT2D eigenvalue weighted by atomic mass is 35.5. The van der Waals surface area contributed by atoms with Gasteiger partial charge in [0.2, 0.25) is 10.0 Å². The molecule has 21 heavy (non-hydrogen) atoms. The van der Waals surface area contributed by atoms with E-state index in [0.717, 1.165) is 11.8 Å². The molecule has 0 unspecified atom stereocenters. The fraction of sp³-hybridized carbons (Fsp3) is 0.154. The summed E-state index contributed by atoms with van der Waals surface area (Å²) in [5.74, 6) is -0.260. The van der Waals surface area contributed by atoms with Crippen LogP contribution in [0.1, 0.15) is 5.56 Å². The van der Waals surface area contributed by atoms with E-state index < -0.39 is 10.0 Å². The van der Waals surface area contributed by atoms with E-state index in [1.165, 1.54) is 18.2 Å². The second-order valence-electron chi connectivity index (χ2n) is 4.31. The number of hydrogen-bond acceptors (Lipinski definition) is 4. The van der Waals surface area contributed by atoms with Crippen molar-refractivity contribution in [1.82, 2.24) is 9.71 Å². The summed E-state index contributed by atoms with van der Waals surface area (Å²) >= 11 is 5.75. The average Bonchev–Trinajstić information content (AvgIpc) is 2.44. The predicted octanol–water partition coefficient (Wildman–Crippen LogP) is 1.98. The number of nitrogens with zero attached hydrogens (tertiary/aromatic N) is 1. The largest absolute Gasteiger partial charge is 0.382 e. The van der Waals surface area contributed by atoms with Gasteiger partial charge in [-0.3, -0.25) is 0 Å². The van der Waals surface area contributed by atoms with E-state index in [1.807, 2.05) is 0 Å². The summed E-state index contributed by atoms with van der Waals surface area (Å²) in [6.45, 7) is 0.177. The SMILES string of the molecule is Nc1ncc(S(=O)(=O)NCCc2ccc(F)cc2)cc1Cl. The minimum atomic E-state index is -3.70. The van der Waals surface area contributed by atoms with Crippen molar-refractivity contribution in [2.24, 2.45) is 0 Å². The normalized spacial score (nSPS) is 11.5. The maximum atomic E-state index is 12.7. The van der Waals surface area contributed by atoms with Gasteiger partial charge in [-0.1, -0.05) is 23.7 Å². The van der Waals surface area contributed by atoms with Gasteiger partial charge in [-0.2, -0.15) is 0 Å². The van der Waals surface area contributed by atoms with Crippen LogP contribution in [0.4, 0.5) is 10.2 Å². The molecule has 5 nitrogen and oxygen atoms in total. The Balaban J connectivity index is 2.01. The highest BCUT2D eigenvalue weighted by Crippen LogP contribution is 2.19. The van der Waals surface area contributed by atoms with Crippen LogP contribution < -0.4 is 10.5 Å². The van der Waals surface area contributed by atoms with Crippen molar-refractivity contribution in [2.75, 3.05) is 12.3 Å². The van der Waals surface area contributed by atoms with Crippen molar-refractivity contribution in [3.05, 3.63) is 52.9 Å². The van der Waals surface area contributed by atoms with E-state index in [9.17, 15) is 12.8 Å². The molecule has 0 fully saturated rings. The Bertz CT molecular complexity index is 736. The molecule has 0 aliphatic rings. The van der Waals surface area contributed by atoms with Gasteiger partial charge in [0.25, 0.3) is 0 Å². The first-order chi connectivity index (χ1) is 9.88. The van der Waals surface area contributed by atoms with Gasteiger partial charge >= 0.3 is 0 Å². The molecule has 8 heteroatoms. The highest BCUT2D eigenvalue weighted by molar-refractivity contribution is 7.89. The number of sulfonamides is 1. The molecule has 112 valence electrons. The number of benzene rings is 1. The molecular formula is C13H13ClFN3O2S. The molecule has 0 saturated heterocycles. The van der Waals surface area contributed by atoms with Crippen LogP contribution in [0, 0.1) is 5.82 Å². The van der Waals surface area contributed by atoms with Crippen LogP contribution in [0.25, 0.3) is 0 Å². The number of nitrogen functional groups attached to an aromatic ring is 1. The first-order valence-corrected chi connectivity index (χ1v) is 7.90. The minimum Gasteiger partial charge on any atom is -0.382 e. The zero-order valence-electron chi connectivity index (χ0n) is 10.9. The number of halogens is 2. The predicted molar refractivity (Wildman–Crippen MR) is 79.0 cm³/mol. The van der Waals surface area contributed by atoms with Gasteiger partial charge in [-0.05, 0) is 30.2 Å². The summed E-state index contributed by atoms with van der Waals surface area (Å²) in [6, 6.07) is 7.10. The lowest BCUT2D eigenvalue weighted by atomic mass is 10.1. The molecule has 2 aromatic rings. The number of nitrogens with two attached hydrogens (primary N) is 1. The molecule has 0 aliphatic carbocycles. The zero-order chi connectivity index (χ0) is 15.5. The van der Waals surface area contributed by atoms with E-state index in [2.05, 4.69) is 9.71 Å². The van der Waals surface area contributed by atoms with Crippen LogP contribution in [0.3, 0.4) is 0 Å². The van der Waals surface area contributed by atoms with Crippen molar-refractivity contribution < 1.29 is 12.8 Å². The zero-order valence-corrected chi connectivity index (χ0v) is 12.5. The number of pyridine rings is 1. The summed E-state index contributed by atoms with van der Waals surface area (Å²) < 4.78 is 39.2. The van der Waals surface area contributed by atoms with Crippen LogP contribution >= 0.6 is 11.6 Å². The third-order valence-electron chi connectivity index (χ3n) is 2.77. The number of rotatable bonds is 5. The standard InChI is InChI=1S/C13H13ClFN3O2S/c14-12-7-11(8-17-13(12)16)21(19,20)18-6-5-9-1-3-10(15)4-2-9/h1-4,7-8,18H,5-6H2,(H2,16,17). The van der Waals surface area contributed by atoms with Gasteiger partial charge in [0, 0.05) is 12.7 Å². The van der Waals surface area contributed by atoms with Gasteiger partial charge in [0.1, 0.15) is 16.5 Å². The lowest BCUT2D eigenvalue weighted by Gasteiger charge is -2.07. The molecule has 2 rings (SSSR count). The molecule has 0 atom stereocenters. The van der Waals surface area contributed by atoms with Gasteiger partial charge < -0.3 is 5.73 Å². The van der Waals surface area contributed by atoms with Gasteiger partial charge in [-0.15, -0.1) is 0 Å². The Hall–Kier alpha value is -1.70. The maximum Gasteiger partial charge on any atom is 0.242 e. The second kappa shape index (κ2) is 6.38. The smallest absolute Gasteiger partial charge is 0.242 e. The molecule has 0 saturated carbocycles. The molecule has 3 N–H and O–H groups in total. The lowest BCUT2D eigenvalue weighted by Crippen LogP contribution is -2.26. The van der Waals surface area contributed by atoms with Crippen LogP contribution in [-0.2, 0) is 16.4 Å². The maximum absolute atomic E-state index is 12.7. The van der Waals surface area contributed by atoms with E-state index >= 15 is 0 Å². The molecule has 1 aromatic carbocycles. The molecule has 0 aliphatic heterocycles. The van der Waals surface area contributed by atoms with Crippen molar-refractivity contribution in [2.45, 2.75) is 11.3 Å². The van der Waals surface area contributed by atoms with Crippen molar-refractivity contribution in [3.8, 4) is 0 Å². The number of hydrogen-bond donors (Lipinski definition) is 2. The lowest BCUT2D eigenvalue weighted by molar-refractivity contribution is 0.581. The number of nitrogens with one attached hydrogen (secondary N) is 1. The van der Waals surface area contributed by atoms with E-state index in [0.29, 0.717) is 6.42 Å². The quantitative estimate of drug-likeness (QED) is 0.878. The van der Waals surface area contributed by atoms with Gasteiger partial charge in [-0.25, -0.2) is 22.5 Å². The topological polar surface area (TPSA) is 85.1 Å². The summed E-state index contributed by atoms with van der Waals surface area (Å²) in [5, 5.41) is 0.0800. The first-order valence-electron chi connectivity index (χ1n) is 6.03.